The Labute approximate surface area is 97.0 Å². The molecule has 0 saturated carbocycles. The number of unbranched alkanes of at least 4 members (excludes halogenated alkanes) is 4. The summed E-state index contributed by atoms with van der Waals surface area (Å²) in [5.74, 6) is 0.964. The fourth-order valence-corrected chi connectivity index (χ4v) is 2.07. The summed E-state index contributed by atoms with van der Waals surface area (Å²) in [4.78, 5) is 0. The molecule has 1 nitrogen and oxygen atoms in total. The Morgan fingerprint density at radius 3 is 2.20 bits per heavy atom. The largest absolute Gasteiger partial charge is 0.317 e. The van der Waals surface area contributed by atoms with Crippen molar-refractivity contribution in [1.82, 2.24) is 5.32 Å². The average molecular weight is 213 g/mol. The fraction of sp³-hybridized carbons (Fsp3) is 1.00. The molecule has 1 heteroatoms. The zero-order chi connectivity index (χ0) is 11.4. The molecule has 0 aliphatic rings. The van der Waals surface area contributed by atoms with E-state index in [0.29, 0.717) is 0 Å². The standard InChI is InChI=1S/C14H31N/c1-4-7-8-9-10-11-14(5-2)12-13-15-6-3/h14-15H,4-13H2,1-3H3. The fourth-order valence-electron chi connectivity index (χ4n) is 2.07. The molecule has 0 aromatic heterocycles. The van der Waals surface area contributed by atoms with E-state index in [1.807, 2.05) is 0 Å². The Kier molecular flexibility index (Phi) is 12.0. The molecular formula is C14H31N. The second kappa shape index (κ2) is 12.0. The average Bonchev–Trinajstić information content (AvgIpc) is 2.26. The van der Waals surface area contributed by atoms with E-state index in [2.05, 4.69) is 26.1 Å². The van der Waals surface area contributed by atoms with Crippen LogP contribution in [0.2, 0.25) is 0 Å². The SMILES string of the molecule is CCCCCCCC(CC)CCNCC. The third-order valence-corrected chi connectivity index (χ3v) is 3.27. The topological polar surface area (TPSA) is 12.0 Å². The molecule has 0 aliphatic carbocycles. The van der Waals surface area contributed by atoms with Crippen molar-refractivity contribution < 1.29 is 0 Å². The predicted molar refractivity (Wildman–Crippen MR) is 70.3 cm³/mol. The summed E-state index contributed by atoms with van der Waals surface area (Å²) in [7, 11) is 0. The molecule has 1 unspecified atom stereocenters. The zero-order valence-electron chi connectivity index (χ0n) is 11.1. The summed E-state index contributed by atoms with van der Waals surface area (Å²) >= 11 is 0. The van der Waals surface area contributed by atoms with Gasteiger partial charge in [-0.1, -0.05) is 65.7 Å². The van der Waals surface area contributed by atoms with Crippen LogP contribution >= 0.6 is 0 Å². The van der Waals surface area contributed by atoms with Crippen LogP contribution in [0.3, 0.4) is 0 Å². The van der Waals surface area contributed by atoms with Crippen LogP contribution in [-0.4, -0.2) is 13.1 Å². The van der Waals surface area contributed by atoms with E-state index in [1.54, 1.807) is 0 Å². The zero-order valence-corrected chi connectivity index (χ0v) is 11.1. The molecule has 0 aromatic rings. The molecule has 0 heterocycles. The van der Waals surface area contributed by atoms with Crippen molar-refractivity contribution in [3.8, 4) is 0 Å². The summed E-state index contributed by atoms with van der Waals surface area (Å²) in [6.07, 6.45) is 11.3. The van der Waals surface area contributed by atoms with E-state index in [0.717, 1.165) is 12.5 Å². The first-order valence-electron chi connectivity index (χ1n) is 7.05. The van der Waals surface area contributed by atoms with Crippen molar-refractivity contribution >= 4 is 0 Å². The lowest BCUT2D eigenvalue weighted by atomic mass is 9.95. The first-order chi connectivity index (χ1) is 7.35. The van der Waals surface area contributed by atoms with Gasteiger partial charge in [0.05, 0.1) is 0 Å². The van der Waals surface area contributed by atoms with Gasteiger partial charge in [-0.2, -0.15) is 0 Å². The maximum Gasteiger partial charge on any atom is -0.00464 e. The van der Waals surface area contributed by atoms with E-state index in [9.17, 15) is 0 Å². The summed E-state index contributed by atoms with van der Waals surface area (Å²) in [6, 6.07) is 0. The molecule has 92 valence electrons. The maximum absolute atomic E-state index is 3.42. The highest BCUT2D eigenvalue weighted by Gasteiger charge is 2.04. The van der Waals surface area contributed by atoms with Gasteiger partial charge < -0.3 is 5.32 Å². The van der Waals surface area contributed by atoms with Gasteiger partial charge in [-0.25, -0.2) is 0 Å². The molecule has 0 amide bonds. The number of hydrogen-bond donors (Lipinski definition) is 1. The summed E-state index contributed by atoms with van der Waals surface area (Å²) in [6.45, 7) is 9.14. The van der Waals surface area contributed by atoms with Gasteiger partial charge in [0, 0.05) is 0 Å². The lowest BCUT2D eigenvalue weighted by Crippen LogP contribution is -2.17. The third-order valence-electron chi connectivity index (χ3n) is 3.27. The van der Waals surface area contributed by atoms with Crippen molar-refractivity contribution in [2.24, 2.45) is 5.92 Å². The lowest BCUT2D eigenvalue weighted by molar-refractivity contribution is 0.404. The van der Waals surface area contributed by atoms with Crippen LogP contribution in [0.5, 0.6) is 0 Å². The molecule has 1 atom stereocenters. The van der Waals surface area contributed by atoms with Crippen LogP contribution in [-0.2, 0) is 0 Å². The van der Waals surface area contributed by atoms with E-state index in [-0.39, 0.29) is 0 Å². The first kappa shape index (κ1) is 15.0. The Morgan fingerprint density at radius 2 is 1.60 bits per heavy atom. The highest BCUT2D eigenvalue weighted by atomic mass is 14.8. The Hall–Kier alpha value is -0.0400. The second-order valence-corrected chi connectivity index (χ2v) is 4.62. The van der Waals surface area contributed by atoms with Gasteiger partial charge >= 0.3 is 0 Å². The van der Waals surface area contributed by atoms with E-state index in [1.165, 1.54) is 57.9 Å². The Morgan fingerprint density at radius 1 is 0.867 bits per heavy atom. The Balaban J connectivity index is 3.28. The van der Waals surface area contributed by atoms with Gasteiger partial charge in [-0.3, -0.25) is 0 Å². The Bertz CT molecular complexity index is 112. The monoisotopic (exact) mass is 213 g/mol. The minimum Gasteiger partial charge on any atom is -0.317 e. The van der Waals surface area contributed by atoms with Crippen LogP contribution in [0, 0.1) is 5.92 Å². The van der Waals surface area contributed by atoms with E-state index < -0.39 is 0 Å². The van der Waals surface area contributed by atoms with Crippen molar-refractivity contribution in [2.75, 3.05) is 13.1 Å². The van der Waals surface area contributed by atoms with Crippen LogP contribution in [0.15, 0.2) is 0 Å². The summed E-state index contributed by atoms with van der Waals surface area (Å²) < 4.78 is 0. The van der Waals surface area contributed by atoms with Crippen LogP contribution in [0.4, 0.5) is 0 Å². The molecule has 0 spiro atoms. The van der Waals surface area contributed by atoms with E-state index in [4.69, 9.17) is 0 Å². The summed E-state index contributed by atoms with van der Waals surface area (Å²) in [5, 5.41) is 3.42. The molecule has 0 radical (unpaired) electrons. The highest BCUT2D eigenvalue weighted by Crippen LogP contribution is 2.17. The van der Waals surface area contributed by atoms with Gasteiger partial charge in [0.1, 0.15) is 0 Å². The van der Waals surface area contributed by atoms with Gasteiger partial charge in [-0.15, -0.1) is 0 Å². The highest BCUT2D eigenvalue weighted by molar-refractivity contribution is 4.59. The predicted octanol–water partition coefficient (Wildman–Crippen LogP) is 4.37. The normalized spacial score (nSPS) is 13.0. The molecular weight excluding hydrogens is 182 g/mol. The first-order valence-corrected chi connectivity index (χ1v) is 7.05. The van der Waals surface area contributed by atoms with Crippen LogP contribution < -0.4 is 5.32 Å². The van der Waals surface area contributed by atoms with Gasteiger partial charge in [0.15, 0.2) is 0 Å². The summed E-state index contributed by atoms with van der Waals surface area (Å²) in [5.41, 5.74) is 0. The van der Waals surface area contributed by atoms with Crippen molar-refractivity contribution in [3.63, 3.8) is 0 Å². The van der Waals surface area contributed by atoms with Crippen molar-refractivity contribution in [3.05, 3.63) is 0 Å². The van der Waals surface area contributed by atoms with Gasteiger partial charge in [-0.05, 0) is 25.4 Å². The van der Waals surface area contributed by atoms with Crippen LogP contribution in [0.1, 0.15) is 72.1 Å². The van der Waals surface area contributed by atoms with Crippen molar-refractivity contribution in [1.29, 1.82) is 0 Å². The molecule has 0 saturated heterocycles. The third kappa shape index (κ3) is 10.2. The molecule has 15 heavy (non-hydrogen) atoms. The van der Waals surface area contributed by atoms with Crippen LogP contribution in [0.25, 0.3) is 0 Å². The minimum absolute atomic E-state index is 0.964. The number of rotatable bonds is 11. The number of nitrogens with one attached hydrogen (secondary N) is 1. The molecule has 1 N–H and O–H groups in total. The van der Waals surface area contributed by atoms with Gasteiger partial charge in [0.25, 0.3) is 0 Å². The lowest BCUT2D eigenvalue weighted by Gasteiger charge is -2.14. The quantitative estimate of drug-likeness (QED) is 0.502. The molecule has 0 fully saturated rings. The molecule has 0 aromatic carbocycles. The van der Waals surface area contributed by atoms with Gasteiger partial charge in [0.2, 0.25) is 0 Å². The smallest absolute Gasteiger partial charge is 0.00464 e. The molecule has 0 bridgehead atoms. The van der Waals surface area contributed by atoms with Crippen molar-refractivity contribution in [2.45, 2.75) is 72.1 Å². The maximum atomic E-state index is 3.42. The second-order valence-electron chi connectivity index (χ2n) is 4.62. The van der Waals surface area contributed by atoms with E-state index >= 15 is 0 Å². The minimum atomic E-state index is 0.964. The number of hydrogen-bond acceptors (Lipinski definition) is 1. The molecule has 0 aliphatic heterocycles. The molecule has 0 rings (SSSR count).